The summed E-state index contributed by atoms with van der Waals surface area (Å²) < 4.78 is 26.0. The first kappa shape index (κ1) is 20.4. The molecule has 2 heterocycles. The maximum atomic E-state index is 12.6. The van der Waals surface area contributed by atoms with E-state index in [1.165, 1.54) is 9.18 Å². The van der Waals surface area contributed by atoms with Gasteiger partial charge in [0.1, 0.15) is 0 Å². The predicted molar refractivity (Wildman–Crippen MR) is 102 cm³/mol. The van der Waals surface area contributed by atoms with Crippen LogP contribution in [0.25, 0.3) is 0 Å². The van der Waals surface area contributed by atoms with Crippen LogP contribution in [-0.2, 0) is 14.8 Å². The van der Waals surface area contributed by atoms with Gasteiger partial charge in [-0.05, 0) is 44.8 Å². The number of hydrogen-bond donors (Lipinski definition) is 1. The van der Waals surface area contributed by atoms with Crippen LogP contribution in [-0.4, -0.2) is 63.0 Å². The Bertz CT molecular complexity index is 644. The van der Waals surface area contributed by atoms with Gasteiger partial charge in [0.15, 0.2) is 0 Å². The number of nitrogens with zero attached hydrogens (tertiary/aromatic N) is 2. The highest BCUT2D eigenvalue weighted by molar-refractivity contribution is 7.89. The van der Waals surface area contributed by atoms with Gasteiger partial charge in [-0.15, -0.1) is 11.3 Å². The van der Waals surface area contributed by atoms with Gasteiger partial charge in [0.25, 0.3) is 0 Å². The normalized spacial score (nSPS) is 20.6. The number of rotatable bonds is 8. The third-order valence-electron chi connectivity index (χ3n) is 4.57. The Kier molecular flexibility index (Phi) is 7.42. The number of thiophene rings is 1. The molecule has 8 heteroatoms. The zero-order valence-corrected chi connectivity index (χ0v) is 16.9. The van der Waals surface area contributed by atoms with Crippen molar-refractivity contribution in [2.75, 3.05) is 39.5 Å². The number of carbonyl (C=O) groups is 1. The van der Waals surface area contributed by atoms with Crippen molar-refractivity contribution in [2.45, 2.75) is 32.2 Å². The number of carbonyl (C=O) groups excluding carboxylic acids is 1. The lowest BCUT2D eigenvalue weighted by molar-refractivity contribution is -0.126. The van der Waals surface area contributed by atoms with E-state index < -0.39 is 10.0 Å². The number of likely N-dealkylation sites (N-methyl/N-ethyl adjacent to an activating group) is 1. The van der Waals surface area contributed by atoms with E-state index in [0.717, 1.165) is 12.8 Å². The molecule has 25 heavy (non-hydrogen) atoms. The lowest BCUT2D eigenvalue weighted by atomic mass is 9.98. The average molecular weight is 388 g/mol. The van der Waals surface area contributed by atoms with Crippen molar-refractivity contribution in [3.8, 4) is 0 Å². The van der Waals surface area contributed by atoms with Gasteiger partial charge in [-0.2, -0.15) is 0 Å². The van der Waals surface area contributed by atoms with Gasteiger partial charge in [0.05, 0.1) is 17.7 Å². The van der Waals surface area contributed by atoms with Crippen LogP contribution in [0, 0.1) is 5.92 Å². The molecule has 6 nitrogen and oxygen atoms in total. The van der Waals surface area contributed by atoms with E-state index in [-0.39, 0.29) is 23.6 Å². The molecule has 1 N–H and O–H groups in total. The van der Waals surface area contributed by atoms with E-state index in [4.69, 9.17) is 0 Å². The number of piperidine rings is 1. The Morgan fingerprint density at radius 2 is 2.24 bits per heavy atom. The SMILES string of the molecule is CCCS(=O)(=O)N1CCC[C@H](C(=O)NC[C@@H](c2cccs2)N(C)C)C1. The van der Waals surface area contributed by atoms with Crippen LogP contribution < -0.4 is 5.32 Å². The molecule has 0 aliphatic carbocycles. The van der Waals surface area contributed by atoms with Crippen molar-refractivity contribution in [3.05, 3.63) is 22.4 Å². The van der Waals surface area contributed by atoms with Gasteiger partial charge in [-0.3, -0.25) is 4.79 Å². The molecule has 1 amide bonds. The first-order chi connectivity index (χ1) is 11.8. The first-order valence-corrected chi connectivity index (χ1v) is 11.3. The summed E-state index contributed by atoms with van der Waals surface area (Å²) in [6, 6.07) is 4.21. The van der Waals surface area contributed by atoms with Gasteiger partial charge in [0.2, 0.25) is 15.9 Å². The summed E-state index contributed by atoms with van der Waals surface area (Å²) in [6.07, 6.45) is 2.08. The Balaban J connectivity index is 1.93. The van der Waals surface area contributed by atoms with Crippen LogP contribution in [0.1, 0.15) is 37.1 Å². The fraction of sp³-hybridized carbons (Fsp3) is 0.706. The lowest BCUT2D eigenvalue weighted by Crippen LogP contribution is -2.47. The van der Waals surface area contributed by atoms with Crippen molar-refractivity contribution in [1.29, 1.82) is 0 Å². The standard InChI is InChI=1S/C17H29N3O3S2/c1-4-11-25(22,23)20-9-5-7-14(13-20)17(21)18-12-15(19(2)3)16-8-6-10-24-16/h6,8,10,14-15H,4-5,7,9,11-13H2,1-3H3,(H,18,21)/t14-,15-/m0/s1. The highest BCUT2D eigenvalue weighted by atomic mass is 32.2. The van der Waals surface area contributed by atoms with Gasteiger partial charge >= 0.3 is 0 Å². The molecule has 1 aromatic rings. The molecule has 1 aliphatic rings. The fourth-order valence-electron chi connectivity index (χ4n) is 3.16. The molecule has 2 atom stereocenters. The average Bonchev–Trinajstić information content (AvgIpc) is 3.09. The molecule has 2 rings (SSSR count). The molecule has 0 unspecified atom stereocenters. The summed E-state index contributed by atoms with van der Waals surface area (Å²) in [5.74, 6) is -0.145. The van der Waals surface area contributed by atoms with Gasteiger partial charge in [-0.25, -0.2) is 12.7 Å². The van der Waals surface area contributed by atoms with Crippen molar-refractivity contribution < 1.29 is 13.2 Å². The highest BCUT2D eigenvalue weighted by Crippen LogP contribution is 2.23. The zero-order chi connectivity index (χ0) is 18.4. The predicted octanol–water partition coefficient (Wildman–Crippen LogP) is 1.92. The maximum Gasteiger partial charge on any atom is 0.224 e. The van der Waals surface area contributed by atoms with Gasteiger partial charge in [-0.1, -0.05) is 13.0 Å². The Labute approximate surface area is 155 Å². The number of sulfonamides is 1. The molecule has 0 bridgehead atoms. The van der Waals surface area contributed by atoms with Crippen molar-refractivity contribution in [2.24, 2.45) is 5.92 Å². The third-order valence-corrected chi connectivity index (χ3v) is 7.59. The minimum Gasteiger partial charge on any atom is -0.354 e. The smallest absolute Gasteiger partial charge is 0.224 e. The molecule has 0 aromatic carbocycles. The van der Waals surface area contributed by atoms with Crippen LogP contribution in [0.15, 0.2) is 17.5 Å². The Morgan fingerprint density at radius 3 is 2.84 bits per heavy atom. The van der Waals surface area contributed by atoms with Crippen molar-refractivity contribution in [3.63, 3.8) is 0 Å². The summed E-state index contributed by atoms with van der Waals surface area (Å²) >= 11 is 1.68. The summed E-state index contributed by atoms with van der Waals surface area (Å²) in [5, 5.41) is 5.06. The Morgan fingerprint density at radius 1 is 1.48 bits per heavy atom. The molecule has 1 fully saturated rings. The van der Waals surface area contributed by atoms with Crippen LogP contribution in [0.3, 0.4) is 0 Å². The van der Waals surface area contributed by atoms with E-state index >= 15 is 0 Å². The highest BCUT2D eigenvalue weighted by Gasteiger charge is 2.32. The quantitative estimate of drug-likeness (QED) is 0.740. The molecular weight excluding hydrogens is 358 g/mol. The molecule has 142 valence electrons. The zero-order valence-electron chi connectivity index (χ0n) is 15.3. The second kappa shape index (κ2) is 9.12. The molecule has 1 saturated heterocycles. The van der Waals surface area contributed by atoms with E-state index in [1.807, 2.05) is 32.5 Å². The third kappa shape index (κ3) is 5.51. The van der Waals surface area contributed by atoms with Gasteiger partial charge in [0, 0.05) is 24.5 Å². The molecule has 0 saturated carbocycles. The van der Waals surface area contributed by atoms with Crippen LogP contribution in [0.5, 0.6) is 0 Å². The van der Waals surface area contributed by atoms with Crippen LogP contribution in [0.4, 0.5) is 0 Å². The van der Waals surface area contributed by atoms with E-state index in [1.54, 1.807) is 11.3 Å². The summed E-state index contributed by atoms with van der Waals surface area (Å²) in [6.45, 7) is 3.23. The second-order valence-electron chi connectivity index (χ2n) is 6.75. The fourth-order valence-corrected chi connectivity index (χ4v) is 5.67. The first-order valence-electron chi connectivity index (χ1n) is 8.80. The van der Waals surface area contributed by atoms with Crippen molar-refractivity contribution in [1.82, 2.24) is 14.5 Å². The summed E-state index contributed by atoms with van der Waals surface area (Å²) in [4.78, 5) is 15.9. The lowest BCUT2D eigenvalue weighted by Gasteiger charge is -2.32. The number of nitrogens with one attached hydrogen (secondary N) is 1. The summed E-state index contributed by atoms with van der Waals surface area (Å²) in [5.41, 5.74) is 0. The molecule has 0 radical (unpaired) electrons. The van der Waals surface area contributed by atoms with Crippen LogP contribution in [0.2, 0.25) is 0 Å². The minimum absolute atomic E-state index is 0.0418. The van der Waals surface area contributed by atoms with E-state index in [2.05, 4.69) is 16.3 Å². The Hall–Kier alpha value is -0.960. The molecule has 1 aromatic heterocycles. The van der Waals surface area contributed by atoms with E-state index in [9.17, 15) is 13.2 Å². The maximum absolute atomic E-state index is 12.6. The largest absolute Gasteiger partial charge is 0.354 e. The number of amides is 1. The van der Waals surface area contributed by atoms with Crippen LogP contribution >= 0.6 is 11.3 Å². The monoisotopic (exact) mass is 387 g/mol. The van der Waals surface area contributed by atoms with E-state index in [0.29, 0.717) is 26.1 Å². The molecule has 0 spiro atoms. The van der Waals surface area contributed by atoms with Gasteiger partial charge < -0.3 is 10.2 Å². The number of hydrogen-bond acceptors (Lipinski definition) is 5. The topological polar surface area (TPSA) is 69.7 Å². The minimum atomic E-state index is -3.23. The summed E-state index contributed by atoms with van der Waals surface area (Å²) in [7, 11) is 0.759. The second-order valence-corrected chi connectivity index (χ2v) is 9.82. The van der Waals surface area contributed by atoms with Crippen molar-refractivity contribution >= 4 is 27.3 Å². The molecule has 1 aliphatic heterocycles. The molecular formula is C17H29N3O3S2.